The molecule has 1 N–H and O–H groups in total. The van der Waals surface area contributed by atoms with Crippen molar-refractivity contribution < 1.29 is 4.79 Å². The normalized spacial score (nSPS) is 17.1. The number of aromatic nitrogens is 4. The number of hydrogen-bond donors (Lipinski definition) is 1. The highest BCUT2D eigenvalue weighted by atomic mass is 16.2. The molecule has 1 atom stereocenters. The highest BCUT2D eigenvalue weighted by Gasteiger charge is 2.32. The summed E-state index contributed by atoms with van der Waals surface area (Å²) in [6.45, 7) is 1.45. The maximum atomic E-state index is 12.4. The van der Waals surface area contributed by atoms with Crippen molar-refractivity contribution in [1.29, 1.82) is 5.26 Å². The molecule has 1 aliphatic rings. The third-order valence-electron chi connectivity index (χ3n) is 4.69. The minimum absolute atomic E-state index is 0.0101. The summed E-state index contributed by atoms with van der Waals surface area (Å²) in [7, 11) is 1.67. The second-order valence-electron chi connectivity index (χ2n) is 6.24. The molecule has 1 unspecified atom stereocenters. The van der Waals surface area contributed by atoms with Gasteiger partial charge < -0.3 is 14.8 Å². The zero-order valence-corrected chi connectivity index (χ0v) is 13.8. The number of nitrogens with one attached hydrogen (secondary N) is 1. The molecule has 1 aliphatic heterocycles. The van der Waals surface area contributed by atoms with E-state index in [0.29, 0.717) is 6.54 Å². The van der Waals surface area contributed by atoms with Gasteiger partial charge in [-0.05, 0) is 12.5 Å². The van der Waals surface area contributed by atoms with Gasteiger partial charge in [0.25, 0.3) is 0 Å². The molecule has 0 bridgehead atoms. The summed E-state index contributed by atoms with van der Waals surface area (Å²) in [5.74, 6) is 0.720. The molecule has 0 saturated carbocycles. The van der Waals surface area contributed by atoms with Crippen LogP contribution in [-0.2, 0) is 4.79 Å². The minimum Gasteiger partial charge on any atom is -0.355 e. The molecule has 3 aromatic rings. The molecule has 0 aliphatic carbocycles. The van der Waals surface area contributed by atoms with Crippen LogP contribution in [0, 0.1) is 17.2 Å². The van der Waals surface area contributed by atoms with Crippen molar-refractivity contribution in [2.75, 3.05) is 31.6 Å². The van der Waals surface area contributed by atoms with Crippen molar-refractivity contribution in [3.63, 3.8) is 0 Å². The number of rotatable bonds is 3. The Balaban J connectivity index is 1.68. The van der Waals surface area contributed by atoms with Crippen LogP contribution < -0.4 is 4.90 Å². The van der Waals surface area contributed by atoms with Gasteiger partial charge in [0.05, 0.1) is 29.1 Å². The van der Waals surface area contributed by atoms with E-state index >= 15 is 0 Å². The zero-order valence-electron chi connectivity index (χ0n) is 13.8. The molecule has 25 heavy (non-hydrogen) atoms. The van der Waals surface area contributed by atoms with Gasteiger partial charge >= 0.3 is 0 Å². The number of hydrogen-bond acceptors (Lipinski definition) is 6. The Hall–Kier alpha value is -3.21. The average molecular weight is 335 g/mol. The molecule has 0 radical (unpaired) electrons. The predicted octanol–water partition coefficient (Wildman–Crippen LogP) is 1.31. The predicted molar refractivity (Wildman–Crippen MR) is 92.8 cm³/mol. The molecular formula is C17H17N7O. The summed E-state index contributed by atoms with van der Waals surface area (Å²) in [4.78, 5) is 32.3. The standard InChI is InChI=1S/C17H17N7O/c1-23(7-4-18)17(25)11-3-6-24(9-11)16-14-12-2-5-19-15(12)20-8-13(14)21-10-22-16/h2,5,8,10-11H,3,6-7,9H2,1H3,(H,19,20). The third-order valence-corrected chi connectivity index (χ3v) is 4.69. The molecule has 1 amide bonds. The summed E-state index contributed by atoms with van der Waals surface area (Å²) >= 11 is 0. The Labute approximate surface area is 144 Å². The fourth-order valence-electron chi connectivity index (χ4n) is 3.43. The van der Waals surface area contributed by atoms with Crippen LogP contribution in [0.4, 0.5) is 5.82 Å². The molecule has 1 fully saturated rings. The number of H-pyrrole nitrogens is 1. The minimum atomic E-state index is -0.119. The molecule has 1 saturated heterocycles. The molecule has 0 spiro atoms. The Morgan fingerprint density at radius 2 is 2.36 bits per heavy atom. The van der Waals surface area contributed by atoms with Gasteiger partial charge in [-0.15, -0.1) is 0 Å². The topological polar surface area (TPSA) is 102 Å². The Bertz CT molecular complexity index is 989. The quantitative estimate of drug-likeness (QED) is 0.724. The van der Waals surface area contributed by atoms with Gasteiger partial charge in [0.2, 0.25) is 5.91 Å². The zero-order chi connectivity index (χ0) is 17.4. The number of nitrogens with zero attached hydrogens (tertiary/aromatic N) is 6. The molecule has 4 heterocycles. The maximum absolute atomic E-state index is 12.4. The van der Waals surface area contributed by atoms with E-state index < -0.39 is 0 Å². The lowest BCUT2D eigenvalue weighted by Crippen LogP contribution is -2.35. The fourth-order valence-corrected chi connectivity index (χ4v) is 3.43. The van der Waals surface area contributed by atoms with E-state index in [0.717, 1.165) is 40.7 Å². The van der Waals surface area contributed by atoms with Crippen LogP contribution in [0.2, 0.25) is 0 Å². The summed E-state index contributed by atoms with van der Waals surface area (Å²) < 4.78 is 0. The number of nitriles is 1. The first-order chi connectivity index (χ1) is 12.2. The largest absolute Gasteiger partial charge is 0.355 e. The first-order valence-corrected chi connectivity index (χ1v) is 8.12. The molecular weight excluding hydrogens is 318 g/mol. The number of amides is 1. The molecule has 0 aromatic carbocycles. The van der Waals surface area contributed by atoms with Gasteiger partial charge in [0.15, 0.2) is 0 Å². The number of anilines is 1. The van der Waals surface area contributed by atoms with E-state index in [9.17, 15) is 4.79 Å². The van der Waals surface area contributed by atoms with E-state index in [4.69, 9.17) is 5.26 Å². The van der Waals surface area contributed by atoms with Crippen molar-refractivity contribution in [3.05, 3.63) is 24.8 Å². The second kappa shape index (κ2) is 6.02. The second-order valence-corrected chi connectivity index (χ2v) is 6.24. The summed E-state index contributed by atoms with van der Waals surface area (Å²) in [6, 6.07) is 3.99. The Morgan fingerprint density at radius 3 is 3.20 bits per heavy atom. The van der Waals surface area contributed by atoms with Crippen LogP contribution in [0.15, 0.2) is 24.8 Å². The molecule has 3 aromatic heterocycles. The van der Waals surface area contributed by atoms with E-state index in [1.165, 1.54) is 11.2 Å². The van der Waals surface area contributed by atoms with Gasteiger partial charge in [-0.1, -0.05) is 0 Å². The van der Waals surface area contributed by atoms with Gasteiger partial charge in [-0.2, -0.15) is 5.26 Å². The third kappa shape index (κ3) is 2.54. The summed E-state index contributed by atoms with van der Waals surface area (Å²) in [5, 5.41) is 10.7. The van der Waals surface area contributed by atoms with Crippen LogP contribution in [-0.4, -0.2) is 57.4 Å². The van der Waals surface area contributed by atoms with Crippen molar-refractivity contribution in [2.24, 2.45) is 5.92 Å². The van der Waals surface area contributed by atoms with E-state index in [-0.39, 0.29) is 18.4 Å². The Kier molecular flexibility index (Phi) is 3.69. The lowest BCUT2D eigenvalue weighted by atomic mass is 10.1. The molecule has 4 rings (SSSR count). The first kappa shape index (κ1) is 15.3. The van der Waals surface area contributed by atoms with Crippen molar-refractivity contribution in [3.8, 4) is 6.07 Å². The van der Waals surface area contributed by atoms with Crippen molar-refractivity contribution in [1.82, 2.24) is 24.8 Å². The molecule has 8 heteroatoms. The van der Waals surface area contributed by atoms with E-state index in [1.807, 2.05) is 18.3 Å². The summed E-state index contributed by atoms with van der Waals surface area (Å²) in [6.07, 6.45) is 5.87. The van der Waals surface area contributed by atoms with Gasteiger partial charge in [0.1, 0.15) is 24.3 Å². The van der Waals surface area contributed by atoms with Crippen molar-refractivity contribution >= 4 is 33.7 Å². The smallest absolute Gasteiger partial charge is 0.228 e. The average Bonchev–Trinajstić information content (AvgIpc) is 3.30. The van der Waals surface area contributed by atoms with Gasteiger partial charge in [-0.25, -0.2) is 15.0 Å². The molecule has 8 nitrogen and oxygen atoms in total. The number of carbonyl (C=O) groups excluding carboxylic acids is 1. The van der Waals surface area contributed by atoms with Crippen LogP contribution in [0.5, 0.6) is 0 Å². The van der Waals surface area contributed by atoms with Crippen molar-refractivity contribution in [2.45, 2.75) is 6.42 Å². The highest BCUT2D eigenvalue weighted by molar-refractivity contribution is 6.09. The van der Waals surface area contributed by atoms with Crippen LogP contribution in [0.25, 0.3) is 21.9 Å². The number of fused-ring (bicyclic) bond motifs is 3. The van der Waals surface area contributed by atoms with Crippen LogP contribution >= 0.6 is 0 Å². The fraction of sp³-hybridized carbons (Fsp3) is 0.353. The van der Waals surface area contributed by atoms with E-state index in [2.05, 4.69) is 24.8 Å². The maximum Gasteiger partial charge on any atom is 0.228 e. The van der Waals surface area contributed by atoms with Gasteiger partial charge in [-0.3, -0.25) is 4.79 Å². The lowest BCUT2D eigenvalue weighted by molar-refractivity contribution is -0.132. The number of pyridine rings is 1. The first-order valence-electron chi connectivity index (χ1n) is 8.12. The molecule has 126 valence electrons. The highest BCUT2D eigenvalue weighted by Crippen LogP contribution is 2.32. The monoisotopic (exact) mass is 335 g/mol. The van der Waals surface area contributed by atoms with Gasteiger partial charge in [0, 0.05) is 31.7 Å². The SMILES string of the molecule is CN(CC#N)C(=O)C1CCN(c2ncnc3cnc4[nH]ccc4c23)C1. The van der Waals surface area contributed by atoms with Crippen LogP contribution in [0.3, 0.4) is 0 Å². The summed E-state index contributed by atoms with van der Waals surface area (Å²) in [5.41, 5.74) is 1.58. The van der Waals surface area contributed by atoms with Crippen LogP contribution in [0.1, 0.15) is 6.42 Å². The lowest BCUT2D eigenvalue weighted by Gasteiger charge is -2.21. The number of aromatic amines is 1. The number of carbonyl (C=O) groups is 1. The van der Waals surface area contributed by atoms with E-state index in [1.54, 1.807) is 13.2 Å². The Morgan fingerprint density at radius 1 is 1.48 bits per heavy atom.